The molecule has 1 fully saturated rings. The Balaban J connectivity index is 0.00000420. The Bertz CT molecular complexity index is 1380. The number of halogens is 1. The summed E-state index contributed by atoms with van der Waals surface area (Å²) in [5.74, 6) is -0.222. The van der Waals surface area contributed by atoms with E-state index in [0.717, 1.165) is 28.2 Å². The predicted molar refractivity (Wildman–Crippen MR) is 163 cm³/mol. The first kappa shape index (κ1) is 31.3. The molecule has 210 valence electrons. The fourth-order valence-corrected chi connectivity index (χ4v) is 7.04. The molecule has 1 aromatic heterocycles. The number of amides is 1. The Hall–Kier alpha value is -2.25. The van der Waals surface area contributed by atoms with Crippen molar-refractivity contribution in [2.75, 3.05) is 63.6 Å². The summed E-state index contributed by atoms with van der Waals surface area (Å²) in [7, 11) is -3.75. The second-order valence-corrected chi connectivity index (χ2v) is 12.5. The number of carbonyl (C=O) groups is 1. The summed E-state index contributed by atoms with van der Waals surface area (Å²) >= 11 is 3.14. The van der Waals surface area contributed by atoms with Crippen LogP contribution in [-0.4, -0.2) is 87.3 Å². The minimum absolute atomic E-state index is 0. The van der Waals surface area contributed by atoms with Crippen molar-refractivity contribution in [2.24, 2.45) is 0 Å². The zero-order valence-electron chi connectivity index (χ0n) is 21.8. The van der Waals surface area contributed by atoms with Gasteiger partial charge in [0.05, 0.1) is 28.3 Å². The van der Waals surface area contributed by atoms with Crippen LogP contribution in [0.25, 0.3) is 10.2 Å². The van der Waals surface area contributed by atoms with Crippen LogP contribution in [0.1, 0.15) is 10.4 Å². The lowest BCUT2D eigenvalue weighted by Gasteiger charge is -2.29. The van der Waals surface area contributed by atoms with Crippen molar-refractivity contribution in [1.29, 1.82) is 0 Å². The second kappa shape index (κ2) is 14.4. The number of sulfonamides is 1. The number of anilines is 1. The number of carbonyl (C=O) groups excluding carboxylic acids is 1. The van der Waals surface area contributed by atoms with Gasteiger partial charge in [-0.2, -0.15) is 4.31 Å². The van der Waals surface area contributed by atoms with Crippen molar-refractivity contribution in [2.45, 2.75) is 9.79 Å². The molecule has 2 heterocycles. The third kappa shape index (κ3) is 7.49. The minimum atomic E-state index is -3.75. The van der Waals surface area contributed by atoms with Gasteiger partial charge in [-0.15, -0.1) is 37.3 Å². The summed E-state index contributed by atoms with van der Waals surface area (Å²) in [6, 6.07) is 12.2. The number of hydrogen-bond acceptors (Lipinski definition) is 8. The van der Waals surface area contributed by atoms with Crippen LogP contribution >= 0.6 is 35.5 Å². The molecule has 2 aromatic carbocycles. The Labute approximate surface area is 244 Å². The molecule has 0 radical (unpaired) electrons. The van der Waals surface area contributed by atoms with Gasteiger partial charge < -0.3 is 4.74 Å². The van der Waals surface area contributed by atoms with E-state index < -0.39 is 10.0 Å². The van der Waals surface area contributed by atoms with E-state index in [1.807, 2.05) is 18.4 Å². The molecule has 39 heavy (non-hydrogen) atoms. The summed E-state index contributed by atoms with van der Waals surface area (Å²) in [6.45, 7) is 11.8. The number of hydrogen-bond donors (Lipinski definition) is 0. The van der Waals surface area contributed by atoms with Crippen LogP contribution in [0, 0.1) is 0 Å². The van der Waals surface area contributed by atoms with Gasteiger partial charge in [-0.25, -0.2) is 13.4 Å². The summed E-state index contributed by atoms with van der Waals surface area (Å²) in [5.41, 5.74) is 1.24. The van der Waals surface area contributed by atoms with Gasteiger partial charge in [0.15, 0.2) is 5.13 Å². The highest BCUT2D eigenvalue weighted by molar-refractivity contribution is 7.98. The van der Waals surface area contributed by atoms with Crippen molar-refractivity contribution in [3.63, 3.8) is 0 Å². The number of rotatable bonds is 12. The molecule has 0 N–H and O–H groups in total. The monoisotopic (exact) mass is 608 g/mol. The molecule has 1 aliphatic heterocycles. The summed E-state index contributed by atoms with van der Waals surface area (Å²) in [5, 5.41) is 0.622. The van der Waals surface area contributed by atoms with Crippen LogP contribution in [0.3, 0.4) is 0 Å². The molecule has 0 unspecified atom stereocenters. The number of benzene rings is 2. The van der Waals surface area contributed by atoms with Crippen molar-refractivity contribution in [1.82, 2.24) is 14.2 Å². The zero-order valence-corrected chi connectivity index (χ0v) is 25.1. The fraction of sp³-hybridized carbons (Fsp3) is 0.333. The average molecular weight is 609 g/mol. The Kier molecular flexibility index (Phi) is 11.6. The lowest BCUT2D eigenvalue weighted by atomic mass is 10.2. The molecule has 0 bridgehead atoms. The van der Waals surface area contributed by atoms with Gasteiger partial charge in [0.25, 0.3) is 5.91 Å². The number of fused-ring (bicyclic) bond motifs is 1. The van der Waals surface area contributed by atoms with Crippen LogP contribution in [0.5, 0.6) is 0 Å². The van der Waals surface area contributed by atoms with Gasteiger partial charge >= 0.3 is 0 Å². The molecule has 8 nitrogen and oxygen atoms in total. The number of morpholine rings is 1. The molecule has 0 atom stereocenters. The quantitative estimate of drug-likeness (QED) is 0.216. The van der Waals surface area contributed by atoms with Crippen molar-refractivity contribution in [3.05, 3.63) is 73.3 Å². The normalized spacial score (nSPS) is 14.2. The first-order chi connectivity index (χ1) is 18.4. The van der Waals surface area contributed by atoms with Gasteiger partial charge in [-0.05, 0) is 48.7 Å². The zero-order chi connectivity index (χ0) is 27.1. The van der Waals surface area contributed by atoms with Crippen LogP contribution in [0.4, 0.5) is 5.13 Å². The van der Waals surface area contributed by atoms with Gasteiger partial charge in [-0.1, -0.05) is 23.5 Å². The molecule has 4 rings (SSSR count). The van der Waals surface area contributed by atoms with Crippen LogP contribution in [0.2, 0.25) is 0 Å². The van der Waals surface area contributed by atoms with Crippen LogP contribution in [-0.2, 0) is 14.8 Å². The van der Waals surface area contributed by atoms with Crippen LogP contribution < -0.4 is 4.90 Å². The lowest BCUT2D eigenvalue weighted by molar-refractivity contribution is 0.0391. The molecular weight excluding hydrogens is 576 g/mol. The number of nitrogens with zero attached hydrogens (tertiary/aromatic N) is 4. The van der Waals surface area contributed by atoms with Crippen LogP contribution in [0.15, 0.2) is 77.6 Å². The third-order valence-corrected chi connectivity index (χ3v) is 9.82. The summed E-state index contributed by atoms with van der Waals surface area (Å²) in [6.07, 6.45) is 5.09. The highest BCUT2D eigenvalue weighted by Crippen LogP contribution is 2.32. The molecule has 3 aromatic rings. The highest BCUT2D eigenvalue weighted by Gasteiger charge is 2.26. The standard InChI is InChI=1S/C27H32N4O4S3.ClH/c1-4-12-30(13-5-2)38(33,34)23-9-6-21(7-10-23)26(32)31(15-14-29-16-18-35-19-17-29)27-28-24-11-8-22(36-3)20-25(24)37-27;/h4-11,20H,1-2,12-19H2,3H3;1H. The average Bonchev–Trinajstić information content (AvgIpc) is 3.36. The van der Waals surface area contributed by atoms with E-state index in [1.165, 1.54) is 39.9 Å². The number of aromatic nitrogens is 1. The maximum absolute atomic E-state index is 13.8. The SMILES string of the molecule is C=CCN(CC=C)S(=O)(=O)c1ccc(C(=O)N(CCN2CCOCC2)c2nc3ccc(SC)cc3s2)cc1.Cl. The van der Waals surface area contributed by atoms with E-state index in [-0.39, 0.29) is 36.3 Å². The molecule has 1 amide bonds. The molecular formula is C27H33ClN4O4S3. The highest BCUT2D eigenvalue weighted by atomic mass is 35.5. The first-order valence-electron chi connectivity index (χ1n) is 12.3. The van der Waals surface area contributed by atoms with E-state index in [1.54, 1.807) is 28.8 Å². The Morgan fingerprint density at radius 1 is 1.13 bits per heavy atom. The number of ether oxygens (including phenoxy) is 1. The molecule has 0 aliphatic carbocycles. The molecule has 1 saturated heterocycles. The minimum Gasteiger partial charge on any atom is -0.379 e. The Morgan fingerprint density at radius 2 is 1.79 bits per heavy atom. The second-order valence-electron chi connectivity index (χ2n) is 8.66. The predicted octanol–water partition coefficient (Wildman–Crippen LogP) is 4.78. The van der Waals surface area contributed by atoms with Crippen molar-refractivity contribution >= 4 is 66.8 Å². The number of thioether (sulfide) groups is 1. The van der Waals surface area contributed by atoms with E-state index in [2.05, 4.69) is 24.1 Å². The molecule has 12 heteroatoms. The largest absolute Gasteiger partial charge is 0.379 e. The summed E-state index contributed by atoms with van der Waals surface area (Å²) in [4.78, 5) is 23.8. The summed E-state index contributed by atoms with van der Waals surface area (Å²) < 4.78 is 33.9. The van der Waals surface area contributed by atoms with Gasteiger partial charge in [-0.3, -0.25) is 14.6 Å². The molecule has 0 saturated carbocycles. The van der Waals surface area contributed by atoms with E-state index in [4.69, 9.17) is 9.72 Å². The number of thiazole rings is 1. The topological polar surface area (TPSA) is 83.1 Å². The van der Waals surface area contributed by atoms with Gasteiger partial charge in [0, 0.05) is 49.7 Å². The maximum Gasteiger partial charge on any atom is 0.260 e. The first-order valence-corrected chi connectivity index (χ1v) is 15.7. The Morgan fingerprint density at radius 3 is 2.41 bits per heavy atom. The smallest absolute Gasteiger partial charge is 0.260 e. The van der Waals surface area contributed by atoms with E-state index in [0.29, 0.717) is 37.0 Å². The van der Waals surface area contributed by atoms with Gasteiger partial charge in [0.1, 0.15) is 0 Å². The molecule has 1 aliphatic rings. The van der Waals surface area contributed by atoms with Crippen molar-refractivity contribution in [3.8, 4) is 0 Å². The van der Waals surface area contributed by atoms with E-state index in [9.17, 15) is 13.2 Å². The lowest BCUT2D eigenvalue weighted by Crippen LogP contribution is -2.43. The van der Waals surface area contributed by atoms with Gasteiger partial charge in [0.2, 0.25) is 10.0 Å². The maximum atomic E-state index is 13.8. The third-order valence-electron chi connectivity index (χ3n) is 6.21. The van der Waals surface area contributed by atoms with Crippen molar-refractivity contribution < 1.29 is 17.9 Å². The van der Waals surface area contributed by atoms with E-state index >= 15 is 0 Å². The fourth-order valence-electron chi connectivity index (χ4n) is 4.12. The molecule has 0 spiro atoms.